The molecule has 1 fully saturated rings. The molecule has 0 spiro atoms. The summed E-state index contributed by atoms with van der Waals surface area (Å²) in [5.41, 5.74) is 1.51. The lowest BCUT2D eigenvalue weighted by molar-refractivity contribution is -0.122. The second-order valence-corrected chi connectivity index (χ2v) is 8.44. The van der Waals surface area contributed by atoms with Gasteiger partial charge in [0.15, 0.2) is 5.75 Å². The van der Waals surface area contributed by atoms with E-state index in [4.69, 9.17) is 27.9 Å². The van der Waals surface area contributed by atoms with E-state index in [-0.39, 0.29) is 24.3 Å². The maximum atomic E-state index is 12.3. The maximum absolute atomic E-state index is 12.3. The fourth-order valence-corrected chi connectivity index (χ4v) is 4.53. The van der Waals surface area contributed by atoms with Crippen LogP contribution in [0.15, 0.2) is 58.4 Å². The number of amides is 2. The quantitative estimate of drug-likeness (QED) is 0.334. The lowest BCUT2D eigenvalue weighted by Gasteiger charge is -2.12. The molecule has 0 aliphatic carbocycles. The molecule has 2 amide bonds. The molecule has 4 nitrogen and oxygen atoms in total. The summed E-state index contributed by atoms with van der Waals surface area (Å²) in [6, 6.07) is 10.8. The Morgan fingerprint density at radius 3 is 2.61 bits per heavy atom. The molecule has 3 rings (SSSR count). The van der Waals surface area contributed by atoms with E-state index in [1.54, 1.807) is 24.3 Å². The summed E-state index contributed by atoms with van der Waals surface area (Å²) < 4.78 is 6.45. The van der Waals surface area contributed by atoms with Crippen LogP contribution in [0.25, 0.3) is 6.08 Å². The van der Waals surface area contributed by atoms with E-state index >= 15 is 0 Å². The van der Waals surface area contributed by atoms with Gasteiger partial charge in [-0.1, -0.05) is 47.5 Å². The third-order valence-electron chi connectivity index (χ3n) is 3.83. The van der Waals surface area contributed by atoms with Crippen molar-refractivity contribution in [2.24, 2.45) is 0 Å². The molecule has 2 aromatic rings. The normalized spacial score (nSPS) is 15.4. The zero-order valence-corrected chi connectivity index (χ0v) is 18.4. The van der Waals surface area contributed by atoms with E-state index in [2.05, 4.69) is 22.5 Å². The molecule has 144 valence electrons. The van der Waals surface area contributed by atoms with Crippen LogP contribution in [0.2, 0.25) is 10.0 Å². The van der Waals surface area contributed by atoms with Crippen molar-refractivity contribution in [2.45, 2.75) is 6.61 Å². The molecule has 0 saturated carbocycles. The summed E-state index contributed by atoms with van der Waals surface area (Å²) in [4.78, 5) is 25.7. The van der Waals surface area contributed by atoms with Crippen LogP contribution in [0.1, 0.15) is 11.1 Å². The first-order valence-corrected chi connectivity index (χ1v) is 10.5. The summed E-state index contributed by atoms with van der Waals surface area (Å²) in [5.74, 6) is 0.125. The van der Waals surface area contributed by atoms with Gasteiger partial charge in [-0.25, -0.2) is 0 Å². The zero-order chi connectivity index (χ0) is 20.3. The van der Waals surface area contributed by atoms with E-state index in [0.717, 1.165) is 22.2 Å². The van der Waals surface area contributed by atoms with E-state index in [1.807, 2.05) is 18.2 Å². The highest BCUT2D eigenvalue weighted by Crippen LogP contribution is 2.38. The molecular weight excluding hydrogens is 485 g/mol. The molecule has 0 bridgehead atoms. The van der Waals surface area contributed by atoms with E-state index in [0.29, 0.717) is 30.7 Å². The summed E-state index contributed by atoms with van der Waals surface area (Å²) in [5, 5.41) is 0.667. The van der Waals surface area contributed by atoms with Crippen LogP contribution in [0, 0.1) is 0 Å². The van der Waals surface area contributed by atoms with Crippen LogP contribution in [0.3, 0.4) is 0 Å². The number of ether oxygens (including phenoxy) is 1. The summed E-state index contributed by atoms with van der Waals surface area (Å²) in [6.45, 7) is 4.00. The van der Waals surface area contributed by atoms with E-state index in [1.165, 1.54) is 6.08 Å². The predicted octanol–water partition coefficient (Wildman–Crippen LogP) is 6.56. The number of carbonyl (C=O) groups excluding carboxylic acids is 2. The second-order valence-electron chi connectivity index (χ2n) is 5.77. The van der Waals surface area contributed by atoms with Gasteiger partial charge in [-0.2, -0.15) is 0 Å². The number of imide groups is 1. The Kier molecular flexibility index (Phi) is 6.88. The van der Waals surface area contributed by atoms with Crippen LogP contribution >= 0.6 is 50.9 Å². The Morgan fingerprint density at radius 1 is 1.18 bits per heavy atom. The number of rotatable bonds is 6. The number of hydrogen-bond donors (Lipinski definition) is 0. The minimum atomic E-state index is -0.346. The predicted molar refractivity (Wildman–Crippen MR) is 118 cm³/mol. The Labute approximate surface area is 185 Å². The monoisotopic (exact) mass is 497 g/mol. The standard InChI is InChI=1S/C20H14BrCl2NO3S/c1-2-7-24-19(25)17(28-20(24)26)10-12-8-14(21)18(16(23)9-12)27-11-13-5-3-4-6-15(13)22/h2-6,8-10H,1,7,11H2/b17-10+. The van der Waals surface area contributed by atoms with Gasteiger partial charge in [-0.15, -0.1) is 6.58 Å². The van der Waals surface area contributed by atoms with Crippen molar-refractivity contribution in [1.29, 1.82) is 0 Å². The van der Waals surface area contributed by atoms with E-state index in [9.17, 15) is 9.59 Å². The Morgan fingerprint density at radius 2 is 1.93 bits per heavy atom. The first-order chi connectivity index (χ1) is 13.4. The topological polar surface area (TPSA) is 46.6 Å². The SMILES string of the molecule is C=CCN1C(=O)S/C(=C/c2cc(Cl)c(OCc3ccccc3Cl)c(Br)c2)C1=O. The van der Waals surface area contributed by atoms with Crippen molar-refractivity contribution in [3.8, 4) is 5.75 Å². The summed E-state index contributed by atoms with van der Waals surface area (Å²) in [6.07, 6.45) is 3.14. The number of carbonyl (C=O) groups is 2. The zero-order valence-electron chi connectivity index (χ0n) is 14.5. The fourth-order valence-electron chi connectivity index (χ4n) is 2.50. The Bertz CT molecular complexity index is 970. The maximum Gasteiger partial charge on any atom is 0.293 e. The minimum absolute atomic E-state index is 0.182. The van der Waals surface area contributed by atoms with Gasteiger partial charge in [0.1, 0.15) is 6.61 Å². The largest absolute Gasteiger partial charge is 0.486 e. The Hall–Kier alpha value is -1.73. The van der Waals surface area contributed by atoms with Crippen molar-refractivity contribution in [1.82, 2.24) is 4.90 Å². The van der Waals surface area contributed by atoms with Gasteiger partial charge in [0.25, 0.3) is 11.1 Å². The average molecular weight is 499 g/mol. The molecule has 0 aromatic heterocycles. The molecular formula is C20H14BrCl2NO3S. The molecule has 1 heterocycles. The van der Waals surface area contributed by atoms with Gasteiger partial charge < -0.3 is 4.74 Å². The van der Waals surface area contributed by atoms with E-state index < -0.39 is 0 Å². The highest BCUT2D eigenvalue weighted by molar-refractivity contribution is 9.10. The van der Waals surface area contributed by atoms with Crippen LogP contribution in [-0.2, 0) is 11.4 Å². The van der Waals surface area contributed by atoms with Crippen molar-refractivity contribution in [2.75, 3.05) is 6.54 Å². The van der Waals surface area contributed by atoms with Crippen LogP contribution in [0.4, 0.5) is 4.79 Å². The lowest BCUT2D eigenvalue weighted by Crippen LogP contribution is -2.27. The molecule has 1 saturated heterocycles. The first-order valence-electron chi connectivity index (χ1n) is 8.12. The molecule has 0 atom stereocenters. The molecule has 0 unspecified atom stereocenters. The third kappa shape index (κ3) is 4.63. The van der Waals surface area contributed by atoms with Crippen LogP contribution < -0.4 is 4.74 Å². The van der Waals surface area contributed by atoms with Crippen molar-refractivity contribution in [3.05, 3.63) is 79.6 Å². The van der Waals surface area contributed by atoms with Crippen LogP contribution in [-0.4, -0.2) is 22.6 Å². The molecule has 1 aliphatic heterocycles. The second kappa shape index (κ2) is 9.18. The fraction of sp³-hybridized carbons (Fsp3) is 0.100. The third-order valence-corrected chi connectivity index (χ3v) is 5.98. The molecule has 1 aliphatic rings. The lowest BCUT2D eigenvalue weighted by atomic mass is 10.2. The molecule has 8 heteroatoms. The number of hydrogen-bond acceptors (Lipinski definition) is 4. The number of benzene rings is 2. The highest BCUT2D eigenvalue weighted by Gasteiger charge is 2.34. The van der Waals surface area contributed by atoms with Crippen molar-refractivity contribution in [3.63, 3.8) is 0 Å². The smallest absolute Gasteiger partial charge is 0.293 e. The van der Waals surface area contributed by atoms with Gasteiger partial charge in [0, 0.05) is 17.1 Å². The molecule has 0 radical (unpaired) electrons. The Balaban J connectivity index is 1.80. The molecule has 0 N–H and O–H groups in total. The highest BCUT2D eigenvalue weighted by atomic mass is 79.9. The van der Waals surface area contributed by atoms with Gasteiger partial charge in [0.2, 0.25) is 0 Å². The molecule has 2 aromatic carbocycles. The van der Waals surface area contributed by atoms with Crippen molar-refractivity contribution >= 4 is 68.1 Å². The van der Waals surface area contributed by atoms with Crippen LogP contribution in [0.5, 0.6) is 5.75 Å². The number of thioether (sulfide) groups is 1. The van der Waals surface area contributed by atoms with Gasteiger partial charge in [-0.3, -0.25) is 14.5 Å². The number of nitrogens with zero attached hydrogens (tertiary/aromatic N) is 1. The average Bonchev–Trinajstić information content (AvgIpc) is 2.90. The summed E-state index contributed by atoms with van der Waals surface area (Å²) in [7, 11) is 0. The summed E-state index contributed by atoms with van der Waals surface area (Å²) >= 11 is 16.9. The first kappa shape index (κ1) is 21.0. The van der Waals surface area contributed by atoms with Crippen molar-refractivity contribution < 1.29 is 14.3 Å². The van der Waals surface area contributed by atoms with Gasteiger partial charge in [0.05, 0.1) is 14.4 Å². The minimum Gasteiger partial charge on any atom is -0.486 e. The van der Waals surface area contributed by atoms with Gasteiger partial charge in [-0.05, 0) is 57.5 Å². The number of halogens is 3. The molecule has 28 heavy (non-hydrogen) atoms. The van der Waals surface area contributed by atoms with Gasteiger partial charge >= 0.3 is 0 Å².